The van der Waals surface area contributed by atoms with Gasteiger partial charge in [0.05, 0.1) is 4.90 Å². The number of urea groups is 1. The van der Waals surface area contributed by atoms with Crippen LogP contribution >= 0.6 is 0 Å². The molecule has 0 unspecified atom stereocenters. The van der Waals surface area contributed by atoms with Crippen LogP contribution in [0.1, 0.15) is 24.0 Å². The van der Waals surface area contributed by atoms with Crippen LogP contribution in [0.25, 0.3) is 0 Å². The highest BCUT2D eigenvalue weighted by Gasteiger charge is 2.11. The van der Waals surface area contributed by atoms with Crippen molar-refractivity contribution in [3.05, 3.63) is 65.9 Å². The van der Waals surface area contributed by atoms with Crippen molar-refractivity contribution in [3.8, 4) is 0 Å². The molecule has 0 aliphatic carbocycles. The Hall–Kier alpha value is -3.73. The van der Waals surface area contributed by atoms with Crippen LogP contribution < -0.4 is 22.1 Å². The molecule has 9 nitrogen and oxygen atoms in total. The standard InChI is InChI=1S/C21H23FN6O3S/c22-32(30,31)18-11-9-17(10-12-18)27-21(29)26-16-7-5-14(6-8-16)3-1-2-4-15-13-25-20(24)28-19(15)23/h5-13H,1-4H2,(H2,26,27,29)(H4,23,24,25,28). The molecule has 3 aromatic rings. The van der Waals surface area contributed by atoms with Crippen molar-refractivity contribution in [1.82, 2.24) is 9.97 Å². The Labute approximate surface area is 185 Å². The molecule has 1 heterocycles. The molecule has 6 N–H and O–H groups in total. The second kappa shape index (κ2) is 10.1. The van der Waals surface area contributed by atoms with Crippen LogP contribution in [0.4, 0.5) is 31.8 Å². The van der Waals surface area contributed by atoms with Crippen LogP contribution in [0.15, 0.2) is 59.6 Å². The van der Waals surface area contributed by atoms with Crippen LogP contribution in [-0.2, 0) is 23.1 Å². The molecule has 0 atom stereocenters. The molecule has 168 valence electrons. The van der Waals surface area contributed by atoms with Gasteiger partial charge in [-0.1, -0.05) is 12.1 Å². The summed E-state index contributed by atoms with van der Waals surface area (Å²) in [5, 5.41) is 5.24. The number of rotatable bonds is 8. The second-order valence-corrected chi connectivity index (χ2v) is 8.43. The van der Waals surface area contributed by atoms with Gasteiger partial charge in [0.2, 0.25) is 5.95 Å². The van der Waals surface area contributed by atoms with Gasteiger partial charge in [0.25, 0.3) is 0 Å². The zero-order valence-corrected chi connectivity index (χ0v) is 17.9. The number of carbonyl (C=O) groups is 1. The number of aryl methyl sites for hydroxylation is 2. The summed E-state index contributed by atoms with van der Waals surface area (Å²) in [6.45, 7) is 0. The highest BCUT2D eigenvalue weighted by atomic mass is 32.3. The monoisotopic (exact) mass is 458 g/mol. The normalized spacial score (nSPS) is 11.2. The Morgan fingerprint density at radius 2 is 1.47 bits per heavy atom. The summed E-state index contributed by atoms with van der Waals surface area (Å²) >= 11 is 0. The van der Waals surface area contributed by atoms with Gasteiger partial charge in [-0.05, 0) is 67.6 Å². The molecular weight excluding hydrogens is 435 g/mol. The molecule has 0 saturated carbocycles. The summed E-state index contributed by atoms with van der Waals surface area (Å²) < 4.78 is 34.6. The number of anilines is 4. The highest BCUT2D eigenvalue weighted by Crippen LogP contribution is 2.18. The molecule has 32 heavy (non-hydrogen) atoms. The number of aromatic nitrogens is 2. The summed E-state index contributed by atoms with van der Waals surface area (Å²) in [5.41, 5.74) is 14.3. The van der Waals surface area contributed by atoms with Gasteiger partial charge >= 0.3 is 16.3 Å². The van der Waals surface area contributed by atoms with Crippen molar-refractivity contribution in [3.63, 3.8) is 0 Å². The van der Waals surface area contributed by atoms with Crippen molar-refractivity contribution >= 4 is 39.4 Å². The number of amides is 2. The minimum Gasteiger partial charge on any atom is -0.383 e. The van der Waals surface area contributed by atoms with Crippen LogP contribution in [0.5, 0.6) is 0 Å². The minimum atomic E-state index is -4.77. The fourth-order valence-electron chi connectivity index (χ4n) is 3.02. The van der Waals surface area contributed by atoms with E-state index in [9.17, 15) is 17.1 Å². The first-order valence-corrected chi connectivity index (χ1v) is 11.2. The van der Waals surface area contributed by atoms with E-state index in [2.05, 4.69) is 20.6 Å². The molecule has 0 fully saturated rings. The van der Waals surface area contributed by atoms with Crippen LogP contribution in [0.3, 0.4) is 0 Å². The van der Waals surface area contributed by atoms with Crippen molar-refractivity contribution in [2.75, 3.05) is 22.1 Å². The summed E-state index contributed by atoms with van der Waals surface area (Å²) in [6.07, 6.45) is 5.15. The number of nitrogens with one attached hydrogen (secondary N) is 2. The zero-order valence-electron chi connectivity index (χ0n) is 17.1. The third-order valence-corrected chi connectivity index (χ3v) is 5.52. The Balaban J connectivity index is 1.44. The summed E-state index contributed by atoms with van der Waals surface area (Å²) in [5.74, 6) is 0.577. The van der Waals surface area contributed by atoms with Gasteiger partial charge in [-0.25, -0.2) is 9.78 Å². The summed E-state index contributed by atoms with van der Waals surface area (Å²) in [6, 6.07) is 11.7. The van der Waals surface area contributed by atoms with E-state index in [-0.39, 0.29) is 5.95 Å². The topological polar surface area (TPSA) is 153 Å². The number of hydrogen-bond donors (Lipinski definition) is 4. The van der Waals surface area contributed by atoms with Crippen molar-refractivity contribution in [2.24, 2.45) is 0 Å². The molecule has 1 aromatic heterocycles. The van der Waals surface area contributed by atoms with E-state index < -0.39 is 21.1 Å². The van der Waals surface area contributed by atoms with Gasteiger partial charge in [0, 0.05) is 23.1 Å². The van der Waals surface area contributed by atoms with Crippen LogP contribution in [0, 0.1) is 0 Å². The van der Waals surface area contributed by atoms with Gasteiger partial charge in [-0.15, -0.1) is 3.89 Å². The second-order valence-electron chi connectivity index (χ2n) is 7.08. The quantitative estimate of drug-likeness (QED) is 0.297. The molecule has 0 aliphatic rings. The highest BCUT2D eigenvalue weighted by molar-refractivity contribution is 7.86. The van der Waals surface area contributed by atoms with Gasteiger partial charge in [-0.3, -0.25) is 0 Å². The Kier molecular flexibility index (Phi) is 7.21. The molecule has 0 saturated heterocycles. The molecule has 2 amide bonds. The van der Waals surface area contributed by atoms with E-state index in [4.69, 9.17) is 11.5 Å². The number of nitrogens with zero attached hydrogens (tertiary/aromatic N) is 2. The predicted octanol–water partition coefficient (Wildman–Crippen LogP) is 3.51. The van der Waals surface area contributed by atoms with Crippen LogP contribution in [-0.4, -0.2) is 24.4 Å². The third-order valence-electron chi connectivity index (χ3n) is 4.68. The maximum atomic E-state index is 12.9. The first-order valence-electron chi connectivity index (χ1n) is 9.79. The van der Waals surface area contributed by atoms with E-state index in [0.717, 1.165) is 48.9 Å². The molecule has 0 aliphatic heterocycles. The smallest absolute Gasteiger partial charge is 0.332 e. The molecule has 2 aromatic carbocycles. The van der Waals surface area contributed by atoms with E-state index in [1.807, 2.05) is 12.1 Å². The number of hydrogen-bond acceptors (Lipinski definition) is 7. The number of carbonyl (C=O) groups excluding carboxylic acids is 1. The number of nitrogen functional groups attached to an aromatic ring is 2. The largest absolute Gasteiger partial charge is 0.383 e. The van der Waals surface area contributed by atoms with Crippen LogP contribution in [0.2, 0.25) is 0 Å². The lowest BCUT2D eigenvalue weighted by molar-refractivity contribution is 0.262. The third kappa shape index (κ3) is 6.64. The van der Waals surface area contributed by atoms with E-state index in [0.29, 0.717) is 17.2 Å². The Bertz CT molecular complexity index is 1190. The SMILES string of the molecule is Nc1ncc(CCCCc2ccc(NC(=O)Nc3ccc(S(=O)(=O)F)cc3)cc2)c(N)n1. The average Bonchev–Trinajstić information content (AvgIpc) is 2.73. The van der Waals surface area contributed by atoms with Gasteiger partial charge in [0.15, 0.2) is 0 Å². The molecular formula is C21H23FN6O3S. The van der Waals surface area contributed by atoms with Gasteiger partial charge in [-0.2, -0.15) is 13.4 Å². The number of halogens is 1. The molecule has 0 bridgehead atoms. The maximum absolute atomic E-state index is 12.9. The number of unbranched alkanes of at least 4 members (excludes halogenated alkanes) is 1. The van der Waals surface area contributed by atoms with Gasteiger partial charge in [0.1, 0.15) is 5.82 Å². The maximum Gasteiger partial charge on any atom is 0.332 e. The van der Waals surface area contributed by atoms with E-state index in [1.54, 1.807) is 18.3 Å². The Morgan fingerprint density at radius 1 is 0.906 bits per heavy atom. The lowest BCUT2D eigenvalue weighted by atomic mass is 10.0. The first-order chi connectivity index (χ1) is 15.2. The fraction of sp³-hybridized carbons (Fsp3) is 0.190. The van der Waals surface area contributed by atoms with Crippen molar-refractivity contribution in [2.45, 2.75) is 30.6 Å². The lowest BCUT2D eigenvalue weighted by Gasteiger charge is -2.09. The molecule has 0 spiro atoms. The summed E-state index contributed by atoms with van der Waals surface area (Å²) in [4.78, 5) is 19.5. The molecule has 0 radical (unpaired) electrons. The van der Waals surface area contributed by atoms with E-state index >= 15 is 0 Å². The Morgan fingerprint density at radius 3 is 2.03 bits per heavy atom. The fourth-order valence-corrected chi connectivity index (χ4v) is 3.48. The molecule has 3 rings (SSSR count). The lowest BCUT2D eigenvalue weighted by Crippen LogP contribution is -2.19. The summed E-state index contributed by atoms with van der Waals surface area (Å²) in [7, 11) is -4.77. The van der Waals surface area contributed by atoms with Crippen molar-refractivity contribution in [1.29, 1.82) is 0 Å². The van der Waals surface area contributed by atoms with Gasteiger partial charge < -0.3 is 22.1 Å². The first kappa shape index (κ1) is 22.9. The van der Waals surface area contributed by atoms with E-state index in [1.165, 1.54) is 12.1 Å². The van der Waals surface area contributed by atoms with Crippen molar-refractivity contribution < 1.29 is 17.1 Å². The minimum absolute atomic E-state index is 0.166. The number of benzene rings is 2. The number of nitrogens with two attached hydrogens (primary N) is 2. The zero-order chi connectivity index (χ0) is 23.1. The molecule has 11 heteroatoms. The predicted molar refractivity (Wildman–Crippen MR) is 121 cm³/mol. The average molecular weight is 459 g/mol.